The molecule has 0 aliphatic heterocycles. The average molecular weight is 380 g/mol. The molecule has 0 atom stereocenters. The molecule has 0 radical (unpaired) electrons. The Labute approximate surface area is 143 Å². The highest BCUT2D eigenvalue weighted by molar-refractivity contribution is 7.91. The van der Waals surface area contributed by atoms with Gasteiger partial charge in [0, 0.05) is 19.8 Å². The van der Waals surface area contributed by atoms with Crippen molar-refractivity contribution in [2.75, 3.05) is 13.3 Å². The monoisotopic (exact) mass is 379 g/mol. The van der Waals surface area contributed by atoms with Gasteiger partial charge in [-0.2, -0.15) is 0 Å². The van der Waals surface area contributed by atoms with Gasteiger partial charge in [-0.1, -0.05) is 29.9 Å². The number of nitrogens with zero attached hydrogens (tertiary/aromatic N) is 2. The minimum Gasteiger partial charge on any atom is -0.369 e. The van der Waals surface area contributed by atoms with Gasteiger partial charge in [0.25, 0.3) is 0 Å². The zero-order chi connectivity index (χ0) is 17.6. The maximum absolute atomic E-state index is 11.2. The maximum atomic E-state index is 11.2. The SMILES string of the molecule is CNC(NCc1ccc(Cl)nc1)=C(C(=S)NS(C)(=O)=O)[N+](=O)[O-]. The number of nitrogens with one attached hydrogen (secondary N) is 3. The van der Waals surface area contributed by atoms with Gasteiger partial charge >= 0.3 is 5.70 Å². The first-order valence-corrected chi connectivity index (χ1v) is 8.74. The van der Waals surface area contributed by atoms with Crippen LogP contribution in [0.25, 0.3) is 0 Å². The van der Waals surface area contributed by atoms with Crippen LogP contribution in [0.15, 0.2) is 29.8 Å². The first-order chi connectivity index (χ1) is 10.6. The summed E-state index contributed by atoms with van der Waals surface area (Å²) in [6, 6.07) is 3.26. The van der Waals surface area contributed by atoms with E-state index < -0.39 is 25.6 Å². The molecule has 126 valence electrons. The van der Waals surface area contributed by atoms with Crippen molar-refractivity contribution >= 4 is 38.8 Å². The molecule has 3 N–H and O–H groups in total. The van der Waals surface area contributed by atoms with E-state index in [4.69, 9.17) is 23.8 Å². The van der Waals surface area contributed by atoms with Gasteiger partial charge in [-0.3, -0.25) is 14.8 Å². The highest BCUT2D eigenvalue weighted by Crippen LogP contribution is 2.07. The molecular weight excluding hydrogens is 366 g/mol. The molecule has 0 spiro atoms. The van der Waals surface area contributed by atoms with Crippen LogP contribution in [0.4, 0.5) is 0 Å². The fourth-order valence-corrected chi connectivity index (χ4v) is 2.67. The standard InChI is InChI=1S/C11H14ClN5O4S2/c1-13-10(15-6-7-3-4-8(12)14-5-7)9(17(18)19)11(22)16-23(2,20)21/h3-5,13,15H,6H2,1-2H3,(H,16,22). The van der Waals surface area contributed by atoms with E-state index in [0.717, 1.165) is 6.26 Å². The van der Waals surface area contributed by atoms with Gasteiger partial charge in [-0.15, -0.1) is 0 Å². The van der Waals surface area contributed by atoms with Crippen LogP contribution < -0.4 is 15.4 Å². The molecule has 0 aliphatic carbocycles. The average Bonchev–Trinajstić information content (AvgIpc) is 2.42. The summed E-state index contributed by atoms with van der Waals surface area (Å²) < 4.78 is 24.3. The Balaban J connectivity index is 3.02. The molecule has 0 saturated carbocycles. The van der Waals surface area contributed by atoms with Crippen LogP contribution in [0.1, 0.15) is 5.56 Å². The van der Waals surface area contributed by atoms with Crippen molar-refractivity contribution in [2.24, 2.45) is 0 Å². The van der Waals surface area contributed by atoms with E-state index in [1.165, 1.54) is 13.2 Å². The first kappa shape index (κ1) is 19.1. The fourth-order valence-electron chi connectivity index (χ4n) is 1.50. The second kappa shape index (κ2) is 8.04. The molecular formula is C11H14ClN5O4S2. The fraction of sp³-hybridized carbons (Fsp3) is 0.273. The molecule has 0 aliphatic rings. The number of thiocarbonyl (C=S) groups is 1. The summed E-state index contributed by atoms with van der Waals surface area (Å²) in [5, 5.41) is 16.9. The molecule has 1 aromatic rings. The van der Waals surface area contributed by atoms with Crippen LogP contribution in [0.5, 0.6) is 0 Å². The maximum Gasteiger partial charge on any atom is 0.343 e. The second-order valence-electron chi connectivity index (χ2n) is 4.28. The van der Waals surface area contributed by atoms with Gasteiger partial charge in [0.1, 0.15) is 5.15 Å². The van der Waals surface area contributed by atoms with Crippen molar-refractivity contribution in [3.05, 3.63) is 50.7 Å². The molecule has 23 heavy (non-hydrogen) atoms. The summed E-state index contributed by atoms with van der Waals surface area (Å²) >= 11 is 10.5. The molecule has 0 unspecified atom stereocenters. The molecule has 0 aromatic carbocycles. The Kier molecular flexibility index (Phi) is 6.66. The summed E-state index contributed by atoms with van der Waals surface area (Å²) in [4.78, 5) is 13.8. The highest BCUT2D eigenvalue weighted by Gasteiger charge is 2.26. The molecule has 0 saturated heterocycles. The number of rotatable bonds is 7. The second-order valence-corrected chi connectivity index (χ2v) is 6.82. The Morgan fingerprint density at radius 3 is 2.57 bits per heavy atom. The van der Waals surface area contributed by atoms with Crippen LogP contribution in [-0.4, -0.2) is 36.6 Å². The zero-order valence-electron chi connectivity index (χ0n) is 12.2. The zero-order valence-corrected chi connectivity index (χ0v) is 14.5. The van der Waals surface area contributed by atoms with Crippen molar-refractivity contribution in [3.63, 3.8) is 0 Å². The number of halogens is 1. The number of hydrogen-bond acceptors (Lipinski definition) is 8. The lowest BCUT2D eigenvalue weighted by molar-refractivity contribution is -0.416. The van der Waals surface area contributed by atoms with E-state index in [9.17, 15) is 18.5 Å². The number of nitro groups is 1. The van der Waals surface area contributed by atoms with Gasteiger partial charge in [0.2, 0.25) is 10.0 Å². The molecule has 1 aromatic heterocycles. The quantitative estimate of drug-likeness (QED) is 0.204. The van der Waals surface area contributed by atoms with Gasteiger partial charge in [-0.05, 0) is 11.6 Å². The van der Waals surface area contributed by atoms with Crippen molar-refractivity contribution < 1.29 is 13.3 Å². The lowest BCUT2D eigenvalue weighted by Crippen LogP contribution is -2.36. The molecule has 0 amide bonds. The van der Waals surface area contributed by atoms with E-state index in [2.05, 4.69) is 15.6 Å². The van der Waals surface area contributed by atoms with Crippen molar-refractivity contribution in [3.8, 4) is 0 Å². The Morgan fingerprint density at radius 2 is 2.13 bits per heavy atom. The third kappa shape index (κ3) is 6.34. The van der Waals surface area contributed by atoms with Crippen molar-refractivity contribution in [2.45, 2.75) is 6.54 Å². The summed E-state index contributed by atoms with van der Waals surface area (Å²) in [5.74, 6) is -0.0360. The number of aromatic nitrogens is 1. The van der Waals surface area contributed by atoms with E-state index in [0.29, 0.717) is 10.7 Å². The molecule has 0 fully saturated rings. The predicted molar refractivity (Wildman–Crippen MR) is 89.7 cm³/mol. The van der Waals surface area contributed by atoms with Gasteiger partial charge < -0.3 is 10.6 Å². The minimum absolute atomic E-state index is 0.0360. The van der Waals surface area contributed by atoms with E-state index in [1.54, 1.807) is 12.1 Å². The number of hydrogen-bond donors (Lipinski definition) is 3. The minimum atomic E-state index is -3.73. The van der Waals surface area contributed by atoms with Crippen LogP contribution in [0, 0.1) is 10.1 Å². The van der Waals surface area contributed by atoms with Crippen LogP contribution in [0.3, 0.4) is 0 Å². The third-order valence-corrected chi connectivity index (χ3v) is 3.64. The molecule has 9 nitrogen and oxygen atoms in total. The van der Waals surface area contributed by atoms with Crippen LogP contribution in [0.2, 0.25) is 5.15 Å². The normalized spacial score (nSPS) is 12.1. The smallest absolute Gasteiger partial charge is 0.343 e. The van der Waals surface area contributed by atoms with Gasteiger partial charge in [0.15, 0.2) is 10.8 Å². The molecule has 1 rings (SSSR count). The Hall–Kier alpha value is -1.98. The molecule has 1 heterocycles. The van der Waals surface area contributed by atoms with Crippen LogP contribution in [-0.2, 0) is 16.6 Å². The van der Waals surface area contributed by atoms with E-state index in [-0.39, 0.29) is 12.4 Å². The third-order valence-electron chi connectivity index (χ3n) is 2.42. The first-order valence-electron chi connectivity index (χ1n) is 6.07. The lowest BCUT2D eigenvalue weighted by Gasteiger charge is -2.12. The highest BCUT2D eigenvalue weighted by atomic mass is 35.5. The van der Waals surface area contributed by atoms with E-state index in [1.807, 2.05) is 4.72 Å². The van der Waals surface area contributed by atoms with Gasteiger partial charge in [-0.25, -0.2) is 13.4 Å². The number of pyridine rings is 1. The summed E-state index contributed by atoms with van der Waals surface area (Å²) in [6.07, 6.45) is 2.35. The molecule has 0 bridgehead atoms. The summed E-state index contributed by atoms with van der Waals surface area (Å²) in [5.41, 5.74) is 0.127. The van der Waals surface area contributed by atoms with Gasteiger partial charge in [0.05, 0.1) is 11.2 Å². The Bertz CT molecular complexity index is 733. The van der Waals surface area contributed by atoms with Crippen molar-refractivity contribution in [1.82, 2.24) is 20.3 Å². The summed E-state index contributed by atoms with van der Waals surface area (Å²) in [7, 11) is -2.29. The topological polar surface area (TPSA) is 126 Å². The Morgan fingerprint density at radius 1 is 1.48 bits per heavy atom. The largest absolute Gasteiger partial charge is 0.369 e. The lowest BCUT2D eigenvalue weighted by atomic mass is 10.3. The molecule has 12 heteroatoms. The van der Waals surface area contributed by atoms with E-state index >= 15 is 0 Å². The summed E-state index contributed by atoms with van der Waals surface area (Å²) in [6.45, 7) is 0.194. The number of sulfonamides is 1. The van der Waals surface area contributed by atoms with Crippen molar-refractivity contribution in [1.29, 1.82) is 0 Å². The predicted octanol–water partition coefficient (Wildman–Crippen LogP) is 0.366. The van der Waals surface area contributed by atoms with Crippen LogP contribution >= 0.6 is 23.8 Å².